The van der Waals surface area contributed by atoms with Crippen LogP contribution in [0.3, 0.4) is 0 Å². The summed E-state index contributed by atoms with van der Waals surface area (Å²) in [6.45, 7) is 3.45. The summed E-state index contributed by atoms with van der Waals surface area (Å²) >= 11 is 3.97. The van der Waals surface area contributed by atoms with Gasteiger partial charge in [0, 0.05) is 6.61 Å². The Morgan fingerprint density at radius 1 is 1.40 bits per heavy atom. The van der Waals surface area contributed by atoms with Crippen LogP contribution in [-0.2, 0) is 4.74 Å². The first-order valence-corrected chi connectivity index (χ1v) is 7.91. The molecule has 1 heterocycles. The molecule has 2 nitrogen and oxygen atoms in total. The number of ether oxygens (including phenoxy) is 1. The first kappa shape index (κ1) is 13.7. The molecule has 1 fully saturated rings. The summed E-state index contributed by atoms with van der Waals surface area (Å²) in [6, 6.07) is 0. The molecule has 1 rings (SSSR count). The van der Waals surface area contributed by atoms with Crippen molar-refractivity contribution in [3.63, 3.8) is 0 Å². The zero-order valence-corrected chi connectivity index (χ0v) is 11.1. The van der Waals surface area contributed by atoms with Crippen molar-refractivity contribution in [2.75, 3.05) is 24.7 Å². The van der Waals surface area contributed by atoms with Gasteiger partial charge in [-0.25, -0.2) is 0 Å². The molecule has 1 atom stereocenters. The Morgan fingerprint density at radius 2 is 2.13 bits per heavy atom. The molecule has 15 heavy (non-hydrogen) atoms. The Morgan fingerprint density at radius 3 is 2.80 bits per heavy atom. The molecule has 4 heteroatoms. The molecule has 1 N–H and O–H groups in total. The third-order valence-electron chi connectivity index (χ3n) is 2.31. The summed E-state index contributed by atoms with van der Waals surface area (Å²) in [6.07, 6.45) is 4.17. The molecule has 1 aliphatic rings. The average molecular weight is 250 g/mol. The predicted molar refractivity (Wildman–Crippen MR) is 69.7 cm³/mol. The van der Waals surface area contributed by atoms with Crippen LogP contribution in [0.4, 0.5) is 0 Å². The molecule has 0 unspecified atom stereocenters. The van der Waals surface area contributed by atoms with Crippen molar-refractivity contribution < 1.29 is 9.84 Å². The molecule has 0 spiro atoms. The minimum absolute atomic E-state index is 0.273. The summed E-state index contributed by atoms with van der Waals surface area (Å²) in [4.78, 5) is 0. The van der Waals surface area contributed by atoms with E-state index >= 15 is 0 Å². The van der Waals surface area contributed by atoms with Gasteiger partial charge < -0.3 is 9.84 Å². The zero-order chi connectivity index (χ0) is 10.9. The van der Waals surface area contributed by atoms with Crippen LogP contribution in [0.1, 0.15) is 32.6 Å². The van der Waals surface area contributed by atoms with Gasteiger partial charge in [0.2, 0.25) is 0 Å². The number of unbranched alkanes of at least 4 members (excludes halogenated alkanes) is 1. The van der Waals surface area contributed by atoms with Gasteiger partial charge in [-0.2, -0.15) is 0 Å². The van der Waals surface area contributed by atoms with Crippen molar-refractivity contribution in [1.29, 1.82) is 0 Å². The molecule has 1 saturated heterocycles. The van der Waals surface area contributed by atoms with E-state index in [2.05, 4.69) is 6.92 Å². The number of rotatable bonds is 7. The second-order valence-electron chi connectivity index (χ2n) is 3.84. The summed E-state index contributed by atoms with van der Waals surface area (Å²) < 4.78 is 6.00. The maximum atomic E-state index is 9.75. The van der Waals surface area contributed by atoms with Crippen LogP contribution < -0.4 is 0 Å². The van der Waals surface area contributed by atoms with Crippen molar-refractivity contribution >= 4 is 23.5 Å². The number of hydrogen-bond donors (Lipinski definition) is 1. The van der Waals surface area contributed by atoms with Gasteiger partial charge in [0.05, 0.1) is 17.3 Å². The second kappa shape index (κ2) is 8.74. The topological polar surface area (TPSA) is 29.5 Å². The Hall–Kier alpha value is 0.620. The van der Waals surface area contributed by atoms with Crippen LogP contribution in [0, 0.1) is 0 Å². The zero-order valence-electron chi connectivity index (χ0n) is 9.48. The largest absolute Gasteiger partial charge is 0.391 e. The number of aliphatic hydroxyl groups is 1. The number of hydrogen-bond acceptors (Lipinski definition) is 4. The standard InChI is InChI=1S/C11H22O2S2/c1-2-3-5-13-9-10(12)8-11-14-6-4-7-15-11/h10-12H,2-9H2,1H3/t10-/m0/s1. The van der Waals surface area contributed by atoms with Gasteiger partial charge in [-0.05, 0) is 30.8 Å². The molecule has 0 aromatic rings. The van der Waals surface area contributed by atoms with E-state index in [0.717, 1.165) is 25.9 Å². The predicted octanol–water partition coefficient (Wildman–Crippen LogP) is 2.75. The molecule has 0 radical (unpaired) electrons. The van der Waals surface area contributed by atoms with Crippen molar-refractivity contribution in [1.82, 2.24) is 0 Å². The molecule has 90 valence electrons. The molecule has 0 saturated carbocycles. The normalized spacial score (nSPS) is 20.4. The summed E-state index contributed by atoms with van der Waals surface area (Å²) in [5, 5.41) is 9.75. The van der Waals surface area contributed by atoms with Crippen molar-refractivity contribution in [2.45, 2.75) is 43.3 Å². The van der Waals surface area contributed by atoms with Crippen molar-refractivity contribution in [2.24, 2.45) is 0 Å². The van der Waals surface area contributed by atoms with Gasteiger partial charge in [-0.3, -0.25) is 0 Å². The van der Waals surface area contributed by atoms with Crippen molar-refractivity contribution in [3.05, 3.63) is 0 Å². The fraction of sp³-hybridized carbons (Fsp3) is 1.00. The lowest BCUT2D eigenvalue weighted by Gasteiger charge is -2.23. The van der Waals surface area contributed by atoms with Gasteiger partial charge in [0.25, 0.3) is 0 Å². The molecule has 0 aromatic carbocycles. The Labute approximate surface area is 102 Å². The highest BCUT2D eigenvalue weighted by molar-refractivity contribution is 8.17. The average Bonchev–Trinajstić information content (AvgIpc) is 2.26. The van der Waals surface area contributed by atoms with Gasteiger partial charge in [-0.1, -0.05) is 13.3 Å². The maximum Gasteiger partial charge on any atom is 0.0792 e. The minimum atomic E-state index is -0.273. The lowest BCUT2D eigenvalue weighted by Crippen LogP contribution is -2.21. The third-order valence-corrected chi connectivity index (χ3v) is 5.31. The first-order valence-electron chi connectivity index (χ1n) is 5.82. The lowest BCUT2D eigenvalue weighted by atomic mass is 10.3. The molecule has 0 amide bonds. The second-order valence-corrected chi connectivity index (χ2v) is 6.76. The van der Waals surface area contributed by atoms with Crippen LogP contribution in [0.15, 0.2) is 0 Å². The highest BCUT2D eigenvalue weighted by Gasteiger charge is 2.18. The van der Waals surface area contributed by atoms with E-state index in [1.54, 1.807) is 0 Å². The van der Waals surface area contributed by atoms with E-state index in [9.17, 15) is 5.11 Å². The monoisotopic (exact) mass is 250 g/mol. The van der Waals surface area contributed by atoms with Gasteiger partial charge in [-0.15, -0.1) is 23.5 Å². The maximum absolute atomic E-state index is 9.75. The fourth-order valence-corrected chi connectivity index (χ4v) is 4.44. The van der Waals surface area contributed by atoms with Gasteiger partial charge in [0.15, 0.2) is 0 Å². The molecule has 1 aliphatic heterocycles. The minimum Gasteiger partial charge on any atom is -0.391 e. The van der Waals surface area contributed by atoms with E-state index < -0.39 is 0 Å². The Kier molecular flexibility index (Phi) is 7.97. The van der Waals surface area contributed by atoms with Crippen LogP contribution in [0.2, 0.25) is 0 Å². The van der Waals surface area contributed by atoms with Crippen molar-refractivity contribution in [3.8, 4) is 0 Å². The summed E-state index contributed by atoms with van der Waals surface area (Å²) in [5.74, 6) is 2.50. The third kappa shape index (κ3) is 6.72. The quantitative estimate of drug-likeness (QED) is 0.704. The van der Waals surface area contributed by atoms with E-state index in [1.165, 1.54) is 17.9 Å². The first-order chi connectivity index (χ1) is 7.33. The van der Waals surface area contributed by atoms with Crippen LogP contribution in [0.25, 0.3) is 0 Å². The molecule has 0 aromatic heterocycles. The van der Waals surface area contributed by atoms with E-state index in [1.807, 2.05) is 23.5 Å². The Bertz CT molecular complexity index is 150. The van der Waals surface area contributed by atoms with E-state index in [4.69, 9.17) is 4.74 Å². The number of thioether (sulfide) groups is 2. The smallest absolute Gasteiger partial charge is 0.0792 e. The molecule has 0 aliphatic carbocycles. The lowest BCUT2D eigenvalue weighted by molar-refractivity contribution is 0.0336. The van der Waals surface area contributed by atoms with Crippen LogP contribution in [0.5, 0.6) is 0 Å². The molecular formula is C11H22O2S2. The fourth-order valence-electron chi connectivity index (χ4n) is 1.43. The Balaban J connectivity index is 1.98. The van der Waals surface area contributed by atoms with Crippen LogP contribution >= 0.6 is 23.5 Å². The van der Waals surface area contributed by atoms with E-state index in [-0.39, 0.29) is 6.10 Å². The van der Waals surface area contributed by atoms with Gasteiger partial charge in [0.1, 0.15) is 0 Å². The SMILES string of the molecule is CCCCOC[C@@H](O)CC1SCCCS1. The molecular weight excluding hydrogens is 228 g/mol. The van der Waals surface area contributed by atoms with Gasteiger partial charge >= 0.3 is 0 Å². The highest BCUT2D eigenvalue weighted by atomic mass is 32.2. The summed E-state index contributed by atoms with van der Waals surface area (Å²) in [5.41, 5.74) is 0. The van der Waals surface area contributed by atoms with Crippen LogP contribution in [-0.4, -0.2) is 40.5 Å². The number of aliphatic hydroxyl groups excluding tert-OH is 1. The van der Waals surface area contributed by atoms with E-state index in [0.29, 0.717) is 11.2 Å². The molecule has 0 bridgehead atoms. The highest BCUT2D eigenvalue weighted by Crippen LogP contribution is 2.33. The summed E-state index contributed by atoms with van der Waals surface area (Å²) in [7, 11) is 0.